The molecule has 25 heavy (non-hydrogen) atoms. The lowest BCUT2D eigenvalue weighted by Gasteiger charge is -2.18. The maximum absolute atomic E-state index is 13.3. The molecule has 3 aromatic rings. The number of aromatic nitrogens is 2. The molecule has 128 valence electrons. The number of hydrogen-bond donors (Lipinski definition) is 0. The molecule has 0 atom stereocenters. The molecule has 0 unspecified atom stereocenters. The van der Waals surface area contributed by atoms with Gasteiger partial charge >= 0.3 is 0 Å². The lowest BCUT2D eigenvalue weighted by atomic mass is 10.0. The van der Waals surface area contributed by atoms with Gasteiger partial charge in [-0.05, 0) is 38.1 Å². The number of para-hydroxylation sites is 1. The Bertz CT molecular complexity index is 921. The predicted octanol–water partition coefficient (Wildman–Crippen LogP) is 4.17. The molecule has 0 fully saturated rings. The van der Waals surface area contributed by atoms with E-state index in [0.717, 1.165) is 17.7 Å². The van der Waals surface area contributed by atoms with E-state index >= 15 is 0 Å². The molecule has 1 aliphatic heterocycles. The van der Waals surface area contributed by atoms with Gasteiger partial charge in [0, 0.05) is 17.5 Å². The van der Waals surface area contributed by atoms with Crippen molar-refractivity contribution in [1.82, 2.24) is 10.2 Å². The zero-order valence-electron chi connectivity index (χ0n) is 14.0. The second kappa shape index (κ2) is 5.88. The fourth-order valence-electron chi connectivity index (χ4n) is 2.89. The molecule has 2 aromatic carbocycles. The summed E-state index contributed by atoms with van der Waals surface area (Å²) in [6.07, 6.45) is 0.837. The highest BCUT2D eigenvalue weighted by Crippen LogP contribution is 2.41. The molecule has 1 aromatic heterocycles. The van der Waals surface area contributed by atoms with E-state index in [0.29, 0.717) is 17.2 Å². The number of benzene rings is 2. The molecule has 0 bridgehead atoms. The summed E-state index contributed by atoms with van der Waals surface area (Å²) in [6, 6.07) is 11.8. The highest BCUT2D eigenvalue weighted by atomic mass is 19.1. The molecule has 6 heteroatoms. The van der Waals surface area contributed by atoms with Crippen LogP contribution >= 0.6 is 0 Å². The molecule has 1 aliphatic rings. The van der Waals surface area contributed by atoms with E-state index in [-0.39, 0.29) is 23.9 Å². The second-order valence-corrected chi connectivity index (χ2v) is 6.58. The van der Waals surface area contributed by atoms with Crippen LogP contribution in [-0.4, -0.2) is 15.8 Å². The van der Waals surface area contributed by atoms with Crippen LogP contribution in [0, 0.1) is 5.82 Å². The summed E-state index contributed by atoms with van der Waals surface area (Å²) in [5, 5.41) is 7.90. The fraction of sp³-hybridized carbons (Fsp3) is 0.263. The smallest absolute Gasteiger partial charge is 0.254 e. The van der Waals surface area contributed by atoms with Crippen LogP contribution in [0.5, 0.6) is 11.5 Å². The van der Waals surface area contributed by atoms with E-state index in [1.807, 2.05) is 32.0 Å². The Kier molecular flexibility index (Phi) is 3.67. The Balaban J connectivity index is 1.50. The molecule has 0 N–H and O–H groups in total. The van der Waals surface area contributed by atoms with Crippen LogP contribution in [-0.2, 0) is 13.0 Å². The van der Waals surface area contributed by atoms with Crippen molar-refractivity contribution in [2.45, 2.75) is 32.5 Å². The minimum absolute atomic E-state index is 0.114. The van der Waals surface area contributed by atoms with Gasteiger partial charge in [0.1, 0.15) is 11.4 Å². The van der Waals surface area contributed by atoms with Crippen LogP contribution in [0.3, 0.4) is 0 Å². The summed E-state index contributed by atoms with van der Waals surface area (Å²) in [5.74, 6) is 1.63. The van der Waals surface area contributed by atoms with E-state index < -0.39 is 0 Å². The van der Waals surface area contributed by atoms with Crippen LogP contribution in [0.1, 0.15) is 25.3 Å². The zero-order valence-corrected chi connectivity index (χ0v) is 14.0. The van der Waals surface area contributed by atoms with Crippen molar-refractivity contribution in [3.05, 3.63) is 59.7 Å². The SMILES string of the molecule is CC1(C)Cc2cccc(OCc3nnc(-c4cccc(F)c4)o3)c2O1. The van der Waals surface area contributed by atoms with Gasteiger partial charge in [-0.2, -0.15) is 0 Å². The molecule has 0 saturated heterocycles. The number of hydrogen-bond acceptors (Lipinski definition) is 5. The van der Waals surface area contributed by atoms with E-state index in [2.05, 4.69) is 10.2 Å². The van der Waals surface area contributed by atoms with Crippen LogP contribution in [0.4, 0.5) is 4.39 Å². The van der Waals surface area contributed by atoms with Gasteiger partial charge in [-0.15, -0.1) is 10.2 Å². The Labute approximate surface area is 144 Å². The summed E-state index contributed by atoms with van der Waals surface area (Å²) >= 11 is 0. The third kappa shape index (κ3) is 3.20. The molecular weight excluding hydrogens is 323 g/mol. The fourth-order valence-corrected chi connectivity index (χ4v) is 2.89. The monoisotopic (exact) mass is 340 g/mol. The van der Waals surface area contributed by atoms with E-state index in [9.17, 15) is 4.39 Å². The van der Waals surface area contributed by atoms with Crippen LogP contribution in [0.15, 0.2) is 46.9 Å². The quantitative estimate of drug-likeness (QED) is 0.713. The van der Waals surface area contributed by atoms with E-state index in [1.165, 1.54) is 12.1 Å². The largest absolute Gasteiger partial charge is 0.483 e. The van der Waals surface area contributed by atoms with Gasteiger partial charge in [0.25, 0.3) is 5.89 Å². The number of fused-ring (bicyclic) bond motifs is 1. The van der Waals surface area contributed by atoms with Gasteiger partial charge in [-0.25, -0.2) is 4.39 Å². The number of ether oxygens (including phenoxy) is 2. The number of rotatable bonds is 4. The lowest BCUT2D eigenvalue weighted by Crippen LogP contribution is -2.24. The minimum Gasteiger partial charge on any atom is -0.483 e. The average molecular weight is 340 g/mol. The second-order valence-electron chi connectivity index (χ2n) is 6.58. The summed E-state index contributed by atoms with van der Waals surface area (Å²) in [7, 11) is 0. The van der Waals surface area contributed by atoms with E-state index in [1.54, 1.807) is 12.1 Å². The Morgan fingerprint density at radius 3 is 2.84 bits per heavy atom. The Hall–Kier alpha value is -2.89. The van der Waals surface area contributed by atoms with Gasteiger partial charge < -0.3 is 13.9 Å². The van der Waals surface area contributed by atoms with Crippen molar-refractivity contribution in [2.75, 3.05) is 0 Å². The summed E-state index contributed by atoms with van der Waals surface area (Å²) in [5.41, 5.74) is 1.41. The molecule has 5 nitrogen and oxygen atoms in total. The van der Waals surface area contributed by atoms with Gasteiger partial charge in [0.05, 0.1) is 0 Å². The molecule has 0 aliphatic carbocycles. The van der Waals surface area contributed by atoms with Crippen molar-refractivity contribution >= 4 is 0 Å². The Morgan fingerprint density at radius 2 is 2.00 bits per heavy atom. The number of halogens is 1. The van der Waals surface area contributed by atoms with Crippen LogP contribution in [0.2, 0.25) is 0 Å². The first-order valence-corrected chi connectivity index (χ1v) is 8.02. The molecule has 0 radical (unpaired) electrons. The first-order chi connectivity index (χ1) is 12.0. The number of nitrogens with zero attached hydrogens (tertiary/aromatic N) is 2. The van der Waals surface area contributed by atoms with Crippen molar-refractivity contribution < 1.29 is 18.3 Å². The molecular formula is C19H17FN2O3. The van der Waals surface area contributed by atoms with Gasteiger partial charge in [0.2, 0.25) is 5.89 Å². The maximum atomic E-state index is 13.3. The minimum atomic E-state index is -0.354. The average Bonchev–Trinajstić information content (AvgIpc) is 3.15. The van der Waals surface area contributed by atoms with Crippen LogP contribution in [0.25, 0.3) is 11.5 Å². The van der Waals surface area contributed by atoms with Gasteiger partial charge in [0.15, 0.2) is 18.1 Å². The van der Waals surface area contributed by atoms with Crippen molar-refractivity contribution in [2.24, 2.45) is 0 Å². The van der Waals surface area contributed by atoms with Gasteiger partial charge in [-0.1, -0.05) is 18.2 Å². The van der Waals surface area contributed by atoms with Crippen molar-refractivity contribution in [3.8, 4) is 23.0 Å². The summed E-state index contributed by atoms with van der Waals surface area (Å²) < 4.78 is 30.6. The Morgan fingerprint density at radius 1 is 1.16 bits per heavy atom. The maximum Gasteiger partial charge on any atom is 0.254 e. The highest BCUT2D eigenvalue weighted by Gasteiger charge is 2.32. The third-order valence-corrected chi connectivity index (χ3v) is 3.94. The lowest BCUT2D eigenvalue weighted by molar-refractivity contribution is 0.130. The molecule has 4 rings (SSSR count). The predicted molar refractivity (Wildman–Crippen MR) is 88.9 cm³/mol. The summed E-state index contributed by atoms with van der Waals surface area (Å²) in [4.78, 5) is 0. The molecule has 0 amide bonds. The van der Waals surface area contributed by atoms with Gasteiger partial charge in [-0.3, -0.25) is 0 Å². The third-order valence-electron chi connectivity index (χ3n) is 3.94. The first-order valence-electron chi connectivity index (χ1n) is 8.02. The molecule has 2 heterocycles. The van der Waals surface area contributed by atoms with Crippen molar-refractivity contribution in [3.63, 3.8) is 0 Å². The van der Waals surface area contributed by atoms with E-state index in [4.69, 9.17) is 13.9 Å². The normalized spacial score (nSPS) is 14.8. The summed E-state index contributed by atoms with van der Waals surface area (Å²) in [6.45, 7) is 4.20. The van der Waals surface area contributed by atoms with Crippen molar-refractivity contribution in [1.29, 1.82) is 0 Å². The zero-order chi connectivity index (χ0) is 17.4. The van der Waals surface area contributed by atoms with Crippen LogP contribution < -0.4 is 9.47 Å². The molecule has 0 saturated carbocycles. The first kappa shape index (κ1) is 15.6. The topological polar surface area (TPSA) is 57.4 Å². The molecule has 0 spiro atoms. The highest BCUT2D eigenvalue weighted by molar-refractivity contribution is 5.52. The standard InChI is InChI=1S/C19H17FN2O3/c1-19(2)10-13-6-4-8-15(17(13)25-19)23-11-16-21-22-18(24-16)12-5-3-7-14(20)9-12/h3-9H,10-11H2,1-2H3.